The van der Waals surface area contributed by atoms with E-state index in [0.29, 0.717) is 10.5 Å². The van der Waals surface area contributed by atoms with Crippen molar-refractivity contribution < 1.29 is 4.42 Å². The number of halogens is 1. The van der Waals surface area contributed by atoms with E-state index in [1.165, 1.54) is 0 Å². The average molecular weight is 234 g/mol. The van der Waals surface area contributed by atoms with E-state index in [4.69, 9.17) is 21.8 Å². The highest BCUT2D eigenvalue weighted by atomic mass is 35.5. The number of nitrogens with two attached hydrogens (primary N) is 1. The molecule has 0 spiro atoms. The number of furan rings is 1. The summed E-state index contributed by atoms with van der Waals surface area (Å²) in [4.78, 5) is 0. The van der Waals surface area contributed by atoms with Crippen LogP contribution in [0.5, 0.6) is 0 Å². The van der Waals surface area contributed by atoms with Gasteiger partial charge in [-0.2, -0.15) is 11.8 Å². The summed E-state index contributed by atoms with van der Waals surface area (Å²) in [7, 11) is 0. The van der Waals surface area contributed by atoms with Crippen molar-refractivity contribution in [2.24, 2.45) is 5.73 Å². The Kier molecular flexibility index (Phi) is 5.45. The molecular formula is C10H16ClNOS. The topological polar surface area (TPSA) is 39.2 Å². The summed E-state index contributed by atoms with van der Waals surface area (Å²) in [5.41, 5.74) is 5.44. The predicted molar refractivity (Wildman–Crippen MR) is 62.8 cm³/mol. The molecule has 1 aromatic heterocycles. The van der Waals surface area contributed by atoms with Gasteiger partial charge < -0.3 is 10.2 Å². The first kappa shape index (κ1) is 12.0. The SMILES string of the molecule is CC(CCCN)SCc1ccc(Cl)o1. The van der Waals surface area contributed by atoms with Crippen molar-refractivity contribution in [3.05, 3.63) is 23.1 Å². The van der Waals surface area contributed by atoms with Crippen LogP contribution >= 0.6 is 23.4 Å². The monoisotopic (exact) mass is 233 g/mol. The third-order valence-electron chi connectivity index (χ3n) is 1.95. The molecule has 0 fully saturated rings. The lowest BCUT2D eigenvalue weighted by Gasteiger charge is -2.08. The Bertz CT molecular complexity index is 264. The zero-order valence-corrected chi connectivity index (χ0v) is 9.90. The molecule has 0 aliphatic heterocycles. The fraction of sp³-hybridized carbons (Fsp3) is 0.600. The number of hydrogen-bond acceptors (Lipinski definition) is 3. The molecule has 2 nitrogen and oxygen atoms in total. The van der Waals surface area contributed by atoms with Crippen molar-refractivity contribution in [2.75, 3.05) is 6.54 Å². The molecule has 1 atom stereocenters. The Balaban J connectivity index is 2.20. The summed E-state index contributed by atoms with van der Waals surface area (Å²) >= 11 is 7.54. The lowest BCUT2D eigenvalue weighted by molar-refractivity contribution is 0.532. The van der Waals surface area contributed by atoms with Crippen LogP contribution in [-0.4, -0.2) is 11.8 Å². The van der Waals surface area contributed by atoms with Crippen molar-refractivity contribution in [1.82, 2.24) is 0 Å². The molecule has 0 aliphatic rings. The highest BCUT2D eigenvalue weighted by Crippen LogP contribution is 2.23. The molecular weight excluding hydrogens is 218 g/mol. The van der Waals surface area contributed by atoms with Gasteiger partial charge >= 0.3 is 0 Å². The first-order valence-electron chi connectivity index (χ1n) is 4.78. The van der Waals surface area contributed by atoms with Crippen LogP contribution in [0, 0.1) is 0 Å². The minimum atomic E-state index is 0.468. The van der Waals surface area contributed by atoms with Gasteiger partial charge in [0.1, 0.15) is 5.76 Å². The fourth-order valence-electron chi connectivity index (χ4n) is 1.14. The summed E-state index contributed by atoms with van der Waals surface area (Å²) in [6.45, 7) is 2.99. The molecule has 1 heterocycles. The van der Waals surface area contributed by atoms with Gasteiger partial charge in [0, 0.05) is 5.25 Å². The first-order chi connectivity index (χ1) is 6.72. The van der Waals surface area contributed by atoms with Crippen molar-refractivity contribution in [1.29, 1.82) is 0 Å². The second kappa shape index (κ2) is 6.38. The molecule has 14 heavy (non-hydrogen) atoms. The maximum Gasteiger partial charge on any atom is 0.193 e. The fourth-order valence-corrected chi connectivity index (χ4v) is 2.24. The molecule has 1 unspecified atom stereocenters. The second-order valence-corrected chi connectivity index (χ2v) is 5.06. The van der Waals surface area contributed by atoms with Crippen molar-refractivity contribution in [3.63, 3.8) is 0 Å². The Morgan fingerprint density at radius 3 is 2.93 bits per heavy atom. The second-order valence-electron chi connectivity index (χ2n) is 3.26. The van der Waals surface area contributed by atoms with E-state index in [0.717, 1.165) is 30.9 Å². The molecule has 4 heteroatoms. The smallest absolute Gasteiger partial charge is 0.193 e. The molecule has 80 valence electrons. The van der Waals surface area contributed by atoms with Crippen LogP contribution in [0.25, 0.3) is 0 Å². The molecule has 0 saturated carbocycles. The minimum absolute atomic E-state index is 0.468. The number of thioether (sulfide) groups is 1. The Hall–Kier alpha value is -0.120. The van der Waals surface area contributed by atoms with Gasteiger partial charge in [-0.1, -0.05) is 6.92 Å². The van der Waals surface area contributed by atoms with Gasteiger partial charge in [0.2, 0.25) is 0 Å². The van der Waals surface area contributed by atoms with Gasteiger partial charge in [-0.25, -0.2) is 0 Å². The molecule has 0 aromatic carbocycles. The zero-order chi connectivity index (χ0) is 10.4. The molecule has 1 rings (SSSR count). The molecule has 0 saturated heterocycles. The van der Waals surface area contributed by atoms with E-state index in [1.54, 1.807) is 6.07 Å². The van der Waals surface area contributed by atoms with Crippen LogP contribution in [0.15, 0.2) is 16.5 Å². The predicted octanol–water partition coefficient (Wildman–Crippen LogP) is 3.29. The first-order valence-corrected chi connectivity index (χ1v) is 6.21. The molecule has 0 radical (unpaired) electrons. The minimum Gasteiger partial charge on any atom is -0.449 e. The van der Waals surface area contributed by atoms with Crippen molar-refractivity contribution >= 4 is 23.4 Å². The summed E-state index contributed by atoms with van der Waals surface area (Å²) in [6, 6.07) is 3.70. The van der Waals surface area contributed by atoms with E-state index in [9.17, 15) is 0 Å². The maximum absolute atomic E-state index is 5.67. The van der Waals surface area contributed by atoms with E-state index in [-0.39, 0.29) is 0 Å². The van der Waals surface area contributed by atoms with Gasteiger partial charge in [0.25, 0.3) is 0 Å². The van der Waals surface area contributed by atoms with Crippen LogP contribution in [0.4, 0.5) is 0 Å². The highest BCUT2D eigenvalue weighted by molar-refractivity contribution is 7.99. The molecule has 0 bridgehead atoms. The zero-order valence-electron chi connectivity index (χ0n) is 8.33. The van der Waals surface area contributed by atoms with Crippen LogP contribution in [-0.2, 0) is 5.75 Å². The van der Waals surface area contributed by atoms with E-state index < -0.39 is 0 Å². The van der Waals surface area contributed by atoms with Crippen molar-refractivity contribution in [3.8, 4) is 0 Å². The number of hydrogen-bond donors (Lipinski definition) is 1. The quantitative estimate of drug-likeness (QED) is 0.820. The average Bonchev–Trinajstić information content (AvgIpc) is 2.58. The maximum atomic E-state index is 5.67. The third-order valence-corrected chi connectivity index (χ3v) is 3.41. The van der Waals surface area contributed by atoms with Crippen LogP contribution in [0.1, 0.15) is 25.5 Å². The molecule has 0 amide bonds. The van der Waals surface area contributed by atoms with Gasteiger partial charge in [-0.05, 0) is 43.1 Å². The highest BCUT2D eigenvalue weighted by Gasteiger charge is 2.05. The summed E-state index contributed by atoms with van der Waals surface area (Å²) in [6.07, 6.45) is 2.25. The molecule has 1 aromatic rings. The van der Waals surface area contributed by atoms with Crippen LogP contribution in [0.2, 0.25) is 5.22 Å². The standard InChI is InChI=1S/C10H16ClNOS/c1-8(3-2-6-12)14-7-9-4-5-10(11)13-9/h4-5,8H,2-3,6-7,12H2,1H3. The van der Waals surface area contributed by atoms with E-state index in [1.807, 2.05) is 17.8 Å². The number of rotatable bonds is 6. The Morgan fingerprint density at radius 2 is 2.36 bits per heavy atom. The van der Waals surface area contributed by atoms with Gasteiger partial charge in [0.15, 0.2) is 5.22 Å². The lowest BCUT2D eigenvalue weighted by atomic mass is 10.2. The van der Waals surface area contributed by atoms with Crippen LogP contribution in [0.3, 0.4) is 0 Å². The third kappa shape index (κ3) is 4.40. The largest absolute Gasteiger partial charge is 0.449 e. The van der Waals surface area contributed by atoms with Gasteiger partial charge in [-0.15, -0.1) is 0 Å². The van der Waals surface area contributed by atoms with Gasteiger partial charge in [0.05, 0.1) is 5.75 Å². The lowest BCUT2D eigenvalue weighted by Crippen LogP contribution is -2.03. The molecule has 2 N–H and O–H groups in total. The summed E-state index contributed by atoms with van der Waals surface area (Å²) in [5.74, 6) is 1.83. The Morgan fingerprint density at radius 1 is 1.57 bits per heavy atom. The Labute approximate surface area is 94.2 Å². The van der Waals surface area contributed by atoms with E-state index in [2.05, 4.69) is 6.92 Å². The summed E-state index contributed by atoms with van der Waals surface area (Å²) in [5, 5.41) is 1.10. The summed E-state index contributed by atoms with van der Waals surface area (Å²) < 4.78 is 5.26. The molecule has 0 aliphatic carbocycles. The van der Waals surface area contributed by atoms with Crippen LogP contribution < -0.4 is 5.73 Å². The van der Waals surface area contributed by atoms with Gasteiger partial charge in [-0.3, -0.25) is 0 Å². The van der Waals surface area contributed by atoms with E-state index >= 15 is 0 Å². The normalized spacial score (nSPS) is 13.1. The van der Waals surface area contributed by atoms with Crippen molar-refractivity contribution in [2.45, 2.75) is 30.8 Å².